The first kappa shape index (κ1) is 20.5. The summed E-state index contributed by atoms with van der Waals surface area (Å²) in [5, 5.41) is 7.97. The number of para-hydroxylation sites is 1. The summed E-state index contributed by atoms with van der Waals surface area (Å²) < 4.78 is 0. The molecule has 0 fully saturated rings. The molecule has 0 spiro atoms. The highest BCUT2D eigenvalue weighted by Gasteiger charge is 2.08. The van der Waals surface area contributed by atoms with Crippen LogP contribution in [0.1, 0.15) is 27.0 Å². The van der Waals surface area contributed by atoms with Gasteiger partial charge in [-0.2, -0.15) is 0 Å². The molecular weight excluding hydrogens is 362 g/mol. The summed E-state index contributed by atoms with van der Waals surface area (Å²) in [6, 6.07) is 14.0. The predicted molar refractivity (Wildman–Crippen MR) is 119 cm³/mol. The second-order valence-electron chi connectivity index (χ2n) is 7.31. The number of nitrogens with zero attached hydrogens (tertiary/aromatic N) is 2. The standard InChI is InChI=1S/C23H29N5O/c1-16-6-5-7-20-19(15-26-21(16)20)12-13-25-23(24-2)27-14-17-8-10-18(11-9-17)22(29)28(3)4/h5-11,15,26H,12-14H2,1-4H3,(H2,24,25,27). The minimum absolute atomic E-state index is 0.00876. The lowest BCUT2D eigenvalue weighted by molar-refractivity contribution is 0.0827. The van der Waals surface area contributed by atoms with Crippen molar-refractivity contribution in [2.45, 2.75) is 19.9 Å². The fourth-order valence-electron chi connectivity index (χ4n) is 3.32. The first-order chi connectivity index (χ1) is 14.0. The highest BCUT2D eigenvalue weighted by atomic mass is 16.2. The highest BCUT2D eigenvalue weighted by molar-refractivity contribution is 5.93. The lowest BCUT2D eigenvalue weighted by atomic mass is 10.1. The third-order valence-corrected chi connectivity index (χ3v) is 4.99. The van der Waals surface area contributed by atoms with Crippen molar-refractivity contribution in [3.8, 4) is 0 Å². The van der Waals surface area contributed by atoms with Crippen LogP contribution in [0.25, 0.3) is 10.9 Å². The Morgan fingerprint density at radius 2 is 1.86 bits per heavy atom. The zero-order valence-corrected chi connectivity index (χ0v) is 17.5. The van der Waals surface area contributed by atoms with Gasteiger partial charge in [-0.05, 0) is 42.2 Å². The number of aryl methyl sites for hydroxylation is 1. The number of aromatic amines is 1. The van der Waals surface area contributed by atoms with Crippen molar-refractivity contribution in [3.63, 3.8) is 0 Å². The summed E-state index contributed by atoms with van der Waals surface area (Å²) in [5.41, 5.74) is 5.55. The third-order valence-electron chi connectivity index (χ3n) is 4.99. The number of hydrogen-bond donors (Lipinski definition) is 3. The van der Waals surface area contributed by atoms with Gasteiger partial charge >= 0.3 is 0 Å². The van der Waals surface area contributed by atoms with Gasteiger partial charge in [-0.15, -0.1) is 0 Å². The average Bonchev–Trinajstić information content (AvgIpc) is 3.14. The smallest absolute Gasteiger partial charge is 0.253 e. The quantitative estimate of drug-likeness (QED) is 0.447. The summed E-state index contributed by atoms with van der Waals surface area (Å²) >= 11 is 0. The van der Waals surface area contributed by atoms with E-state index in [-0.39, 0.29) is 5.91 Å². The van der Waals surface area contributed by atoms with Crippen molar-refractivity contribution in [3.05, 3.63) is 70.9 Å². The van der Waals surface area contributed by atoms with Gasteiger partial charge in [0.15, 0.2) is 5.96 Å². The minimum atomic E-state index is 0.00876. The number of guanidine groups is 1. The predicted octanol–water partition coefficient (Wildman–Crippen LogP) is 3.09. The molecule has 0 aliphatic carbocycles. The second kappa shape index (κ2) is 9.28. The van der Waals surface area contributed by atoms with Crippen LogP contribution in [0.2, 0.25) is 0 Å². The van der Waals surface area contributed by atoms with Gasteiger partial charge in [0.25, 0.3) is 5.91 Å². The molecule has 1 aromatic heterocycles. The fraction of sp³-hybridized carbons (Fsp3) is 0.304. The Balaban J connectivity index is 1.50. The third kappa shape index (κ3) is 4.96. The van der Waals surface area contributed by atoms with E-state index in [0.29, 0.717) is 12.1 Å². The Morgan fingerprint density at radius 1 is 1.10 bits per heavy atom. The van der Waals surface area contributed by atoms with Gasteiger partial charge in [-0.25, -0.2) is 0 Å². The Morgan fingerprint density at radius 3 is 2.55 bits per heavy atom. The van der Waals surface area contributed by atoms with Crippen LogP contribution in [-0.2, 0) is 13.0 Å². The summed E-state index contributed by atoms with van der Waals surface area (Å²) in [6.07, 6.45) is 3.00. The SMILES string of the molecule is CN=C(NCCc1c[nH]c2c(C)cccc12)NCc1ccc(C(=O)N(C)C)cc1. The van der Waals surface area contributed by atoms with Gasteiger partial charge < -0.3 is 20.5 Å². The summed E-state index contributed by atoms with van der Waals surface area (Å²) in [4.78, 5) is 21.2. The maximum Gasteiger partial charge on any atom is 0.253 e. The van der Waals surface area contributed by atoms with E-state index in [2.05, 4.69) is 51.9 Å². The van der Waals surface area contributed by atoms with Crippen LogP contribution in [0.4, 0.5) is 0 Å². The molecule has 0 atom stereocenters. The maximum absolute atomic E-state index is 12.0. The van der Waals surface area contributed by atoms with Gasteiger partial charge in [0, 0.05) is 56.9 Å². The summed E-state index contributed by atoms with van der Waals surface area (Å²) in [5.74, 6) is 0.768. The molecule has 6 nitrogen and oxygen atoms in total. The van der Waals surface area contributed by atoms with Gasteiger partial charge in [-0.3, -0.25) is 9.79 Å². The molecule has 0 aliphatic heterocycles. The Kier molecular flexibility index (Phi) is 6.54. The molecule has 29 heavy (non-hydrogen) atoms. The number of hydrogen-bond acceptors (Lipinski definition) is 2. The molecule has 0 saturated carbocycles. The molecule has 3 aromatic rings. The van der Waals surface area contributed by atoms with Crippen molar-refractivity contribution < 1.29 is 4.79 Å². The maximum atomic E-state index is 12.0. The van der Waals surface area contributed by atoms with E-state index in [0.717, 1.165) is 24.5 Å². The molecule has 1 amide bonds. The monoisotopic (exact) mass is 391 g/mol. The number of nitrogens with one attached hydrogen (secondary N) is 3. The molecule has 6 heteroatoms. The van der Waals surface area contributed by atoms with Crippen molar-refractivity contribution in [1.29, 1.82) is 0 Å². The number of aromatic nitrogens is 1. The van der Waals surface area contributed by atoms with Crippen molar-refractivity contribution in [2.75, 3.05) is 27.7 Å². The zero-order chi connectivity index (χ0) is 20.8. The van der Waals surface area contributed by atoms with E-state index in [1.54, 1.807) is 26.0 Å². The molecule has 0 aliphatic rings. The van der Waals surface area contributed by atoms with Crippen molar-refractivity contribution in [2.24, 2.45) is 4.99 Å². The van der Waals surface area contributed by atoms with E-state index in [9.17, 15) is 4.79 Å². The highest BCUT2D eigenvalue weighted by Crippen LogP contribution is 2.21. The largest absolute Gasteiger partial charge is 0.361 e. The van der Waals surface area contributed by atoms with Crippen LogP contribution >= 0.6 is 0 Å². The second-order valence-corrected chi connectivity index (χ2v) is 7.31. The first-order valence-electron chi connectivity index (χ1n) is 9.80. The molecule has 3 rings (SSSR count). The van der Waals surface area contributed by atoms with Crippen LogP contribution in [-0.4, -0.2) is 49.4 Å². The lowest BCUT2D eigenvalue weighted by Gasteiger charge is -2.13. The van der Waals surface area contributed by atoms with Gasteiger partial charge in [0.2, 0.25) is 0 Å². The number of amides is 1. The molecule has 0 bridgehead atoms. The van der Waals surface area contributed by atoms with Gasteiger partial charge in [0.05, 0.1) is 0 Å². The van der Waals surface area contributed by atoms with E-state index < -0.39 is 0 Å². The van der Waals surface area contributed by atoms with Gasteiger partial charge in [-0.1, -0.05) is 30.3 Å². The minimum Gasteiger partial charge on any atom is -0.361 e. The zero-order valence-electron chi connectivity index (χ0n) is 17.5. The molecule has 152 valence electrons. The summed E-state index contributed by atoms with van der Waals surface area (Å²) in [7, 11) is 5.28. The number of H-pyrrole nitrogens is 1. The van der Waals surface area contributed by atoms with Crippen LogP contribution in [0.15, 0.2) is 53.7 Å². The Labute approximate surface area is 172 Å². The molecule has 0 unspecified atom stereocenters. The van der Waals surface area contributed by atoms with Crippen molar-refractivity contribution >= 4 is 22.8 Å². The van der Waals surface area contributed by atoms with Crippen LogP contribution in [0.3, 0.4) is 0 Å². The van der Waals surface area contributed by atoms with Crippen LogP contribution in [0.5, 0.6) is 0 Å². The topological polar surface area (TPSA) is 72.5 Å². The number of carbonyl (C=O) groups is 1. The molecule has 3 N–H and O–H groups in total. The number of fused-ring (bicyclic) bond motifs is 1. The molecular formula is C23H29N5O. The number of benzene rings is 2. The van der Waals surface area contributed by atoms with E-state index in [4.69, 9.17) is 0 Å². The van der Waals surface area contributed by atoms with Crippen LogP contribution < -0.4 is 10.6 Å². The summed E-state index contributed by atoms with van der Waals surface area (Å²) in [6.45, 7) is 3.55. The first-order valence-corrected chi connectivity index (χ1v) is 9.80. The Bertz CT molecular complexity index is 1000. The number of aliphatic imine (C=N–C) groups is 1. The number of carbonyl (C=O) groups excluding carboxylic acids is 1. The molecule has 0 saturated heterocycles. The molecule has 1 heterocycles. The van der Waals surface area contributed by atoms with Gasteiger partial charge in [0.1, 0.15) is 0 Å². The average molecular weight is 392 g/mol. The molecule has 0 radical (unpaired) electrons. The lowest BCUT2D eigenvalue weighted by Crippen LogP contribution is -2.37. The van der Waals surface area contributed by atoms with Crippen LogP contribution in [0, 0.1) is 6.92 Å². The number of rotatable bonds is 6. The van der Waals surface area contributed by atoms with E-state index in [1.165, 1.54) is 22.0 Å². The van der Waals surface area contributed by atoms with E-state index >= 15 is 0 Å². The molecule has 2 aromatic carbocycles. The van der Waals surface area contributed by atoms with Crippen molar-refractivity contribution in [1.82, 2.24) is 20.5 Å². The Hall–Kier alpha value is -3.28. The normalized spacial score (nSPS) is 11.5. The van der Waals surface area contributed by atoms with E-state index in [1.807, 2.05) is 24.3 Å². The fourth-order valence-corrected chi connectivity index (χ4v) is 3.32.